The van der Waals surface area contributed by atoms with Gasteiger partial charge in [-0.3, -0.25) is 0 Å². The van der Waals surface area contributed by atoms with E-state index in [1.807, 2.05) is 31.2 Å². The minimum atomic E-state index is -1.85. The molecule has 2 aromatic heterocycles. The maximum absolute atomic E-state index is 14.6. The van der Waals surface area contributed by atoms with Crippen molar-refractivity contribution in [1.82, 2.24) is 29.8 Å². The Bertz CT molecular complexity index is 1200. The third-order valence-corrected chi connectivity index (χ3v) is 5.32. The maximum Gasteiger partial charge on any atom is 0.138 e. The van der Waals surface area contributed by atoms with Gasteiger partial charge in [-0.1, -0.05) is 29.5 Å². The second-order valence-corrected chi connectivity index (χ2v) is 7.54. The van der Waals surface area contributed by atoms with E-state index < -0.39 is 23.3 Å². The van der Waals surface area contributed by atoms with Gasteiger partial charge in [-0.25, -0.2) is 23.1 Å². The number of aromatic nitrogens is 6. The van der Waals surface area contributed by atoms with E-state index in [9.17, 15) is 13.9 Å². The van der Waals surface area contributed by atoms with Gasteiger partial charge in [0.2, 0.25) is 0 Å². The van der Waals surface area contributed by atoms with Crippen molar-refractivity contribution in [3.8, 4) is 5.69 Å². The van der Waals surface area contributed by atoms with Crippen LogP contribution in [0.15, 0.2) is 61.3 Å². The monoisotopic (exact) mass is 440 g/mol. The molecule has 0 aliphatic heterocycles. The summed E-state index contributed by atoms with van der Waals surface area (Å²) < 4.78 is 36.9. The van der Waals surface area contributed by atoms with E-state index in [2.05, 4.69) is 20.4 Å². The molecule has 4 aromatic rings. The van der Waals surface area contributed by atoms with E-state index in [1.54, 1.807) is 17.8 Å². The lowest BCUT2D eigenvalue weighted by Crippen LogP contribution is -2.44. The maximum atomic E-state index is 14.6. The Morgan fingerprint density at radius 2 is 2.00 bits per heavy atom. The SMILES string of the molecule is Cc1ccccc1-n1cc(CO[C@H](C)[C@](O)(Cn2cncn2)c2ccc(F)cc2F)nn1. The number of aryl methyl sites for hydroxylation is 1. The van der Waals surface area contributed by atoms with Crippen molar-refractivity contribution in [3.05, 3.63) is 89.8 Å². The second kappa shape index (κ2) is 8.93. The summed E-state index contributed by atoms with van der Waals surface area (Å²) in [5.74, 6) is -1.62. The molecule has 0 fully saturated rings. The van der Waals surface area contributed by atoms with Gasteiger partial charge in [0, 0.05) is 11.6 Å². The molecule has 2 atom stereocenters. The zero-order valence-corrected chi connectivity index (χ0v) is 17.6. The topological polar surface area (TPSA) is 90.9 Å². The van der Waals surface area contributed by atoms with Crippen LogP contribution in [0.4, 0.5) is 8.78 Å². The molecule has 2 aromatic carbocycles. The van der Waals surface area contributed by atoms with Crippen molar-refractivity contribution in [1.29, 1.82) is 0 Å². The van der Waals surface area contributed by atoms with Crippen molar-refractivity contribution >= 4 is 0 Å². The number of hydrogen-bond acceptors (Lipinski definition) is 6. The van der Waals surface area contributed by atoms with E-state index in [-0.39, 0.29) is 18.7 Å². The summed E-state index contributed by atoms with van der Waals surface area (Å²) in [6.45, 7) is 3.45. The zero-order chi connectivity index (χ0) is 22.7. The van der Waals surface area contributed by atoms with E-state index >= 15 is 0 Å². The van der Waals surface area contributed by atoms with Crippen molar-refractivity contribution < 1.29 is 18.6 Å². The lowest BCUT2D eigenvalue weighted by Gasteiger charge is -2.34. The van der Waals surface area contributed by atoms with Crippen LogP contribution in [0.1, 0.15) is 23.7 Å². The molecule has 0 spiro atoms. The number of nitrogens with zero attached hydrogens (tertiary/aromatic N) is 6. The van der Waals surface area contributed by atoms with Crippen molar-refractivity contribution in [2.75, 3.05) is 0 Å². The average Bonchev–Trinajstić information content (AvgIpc) is 3.44. The van der Waals surface area contributed by atoms with E-state index in [0.29, 0.717) is 5.69 Å². The molecule has 0 bridgehead atoms. The first-order valence-corrected chi connectivity index (χ1v) is 9.96. The number of halogens is 2. The van der Waals surface area contributed by atoms with Crippen LogP contribution in [0, 0.1) is 18.6 Å². The largest absolute Gasteiger partial charge is 0.380 e. The van der Waals surface area contributed by atoms with Crippen molar-refractivity contribution in [3.63, 3.8) is 0 Å². The lowest BCUT2D eigenvalue weighted by atomic mass is 9.88. The molecule has 2 heterocycles. The molecular formula is C22H22F2N6O2. The minimum Gasteiger partial charge on any atom is -0.380 e. The number of ether oxygens (including phenoxy) is 1. The predicted octanol–water partition coefficient (Wildman–Crippen LogP) is 2.94. The summed E-state index contributed by atoms with van der Waals surface area (Å²) in [4.78, 5) is 3.85. The van der Waals surface area contributed by atoms with Gasteiger partial charge in [0.1, 0.15) is 35.6 Å². The van der Waals surface area contributed by atoms with Crippen LogP contribution in [-0.2, 0) is 23.5 Å². The summed E-state index contributed by atoms with van der Waals surface area (Å²) in [5, 5.41) is 23.7. The smallest absolute Gasteiger partial charge is 0.138 e. The van der Waals surface area contributed by atoms with Gasteiger partial charge < -0.3 is 9.84 Å². The van der Waals surface area contributed by atoms with Gasteiger partial charge >= 0.3 is 0 Å². The Kier molecular flexibility index (Phi) is 6.06. The fourth-order valence-corrected chi connectivity index (χ4v) is 3.49. The number of aliphatic hydroxyl groups is 1. The highest BCUT2D eigenvalue weighted by atomic mass is 19.1. The van der Waals surface area contributed by atoms with Crippen LogP contribution >= 0.6 is 0 Å². The van der Waals surface area contributed by atoms with Crippen LogP contribution < -0.4 is 0 Å². The molecule has 8 nitrogen and oxygen atoms in total. The highest BCUT2D eigenvalue weighted by Crippen LogP contribution is 2.32. The molecule has 1 N–H and O–H groups in total. The molecule has 0 radical (unpaired) electrons. The standard InChI is InChI=1S/C22H22F2N6O2/c1-15-5-3-4-6-21(15)30-10-18(27-28-30)11-32-16(2)22(31,12-29-14-25-13-26-29)19-8-7-17(23)9-20(19)24/h3-10,13-14,16,31H,11-12H2,1-2H3/t16-,22-/m1/s1. The number of para-hydroxylation sites is 1. The molecule has 166 valence electrons. The summed E-state index contributed by atoms with van der Waals surface area (Å²) in [5.41, 5.74) is 0.494. The van der Waals surface area contributed by atoms with Gasteiger partial charge in [0.05, 0.1) is 31.1 Å². The molecule has 4 rings (SSSR count). The summed E-state index contributed by atoms with van der Waals surface area (Å²) in [7, 11) is 0. The third-order valence-electron chi connectivity index (χ3n) is 5.32. The van der Waals surface area contributed by atoms with E-state index in [1.165, 1.54) is 23.4 Å². The van der Waals surface area contributed by atoms with Gasteiger partial charge in [0.15, 0.2) is 0 Å². The average molecular weight is 440 g/mol. The second-order valence-electron chi connectivity index (χ2n) is 7.54. The molecule has 10 heteroatoms. The Morgan fingerprint density at radius 3 is 2.72 bits per heavy atom. The lowest BCUT2D eigenvalue weighted by molar-refractivity contribution is -0.124. The fraction of sp³-hybridized carbons (Fsp3) is 0.273. The summed E-state index contributed by atoms with van der Waals surface area (Å²) >= 11 is 0. The first-order chi connectivity index (χ1) is 15.4. The minimum absolute atomic E-state index is 0.0233. The number of rotatable bonds is 8. The zero-order valence-electron chi connectivity index (χ0n) is 17.6. The first-order valence-electron chi connectivity index (χ1n) is 9.96. The van der Waals surface area contributed by atoms with Crippen LogP contribution in [0.25, 0.3) is 5.69 Å². The molecule has 0 aliphatic rings. The van der Waals surface area contributed by atoms with Crippen LogP contribution in [-0.4, -0.2) is 41.0 Å². The molecule has 0 saturated carbocycles. The van der Waals surface area contributed by atoms with Gasteiger partial charge in [-0.15, -0.1) is 5.10 Å². The predicted molar refractivity (Wildman–Crippen MR) is 111 cm³/mol. The van der Waals surface area contributed by atoms with Crippen LogP contribution in [0.3, 0.4) is 0 Å². The molecule has 0 saturated heterocycles. The Hall–Kier alpha value is -3.50. The van der Waals surface area contributed by atoms with E-state index in [4.69, 9.17) is 4.74 Å². The number of hydrogen-bond donors (Lipinski definition) is 1. The number of benzene rings is 2. The molecule has 0 unspecified atom stereocenters. The normalized spacial score (nSPS) is 14.3. The quantitative estimate of drug-likeness (QED) is 0.453. The van der Waals surface area contributed by atoms with Crippen molar-refractivity contribution in [2.45, 2.75) is 38.7 Å². The van der Waals surface area contributed by atoms with Crippen molar-refractivity contribution in [2.24, 2.45) is 0 Å². The molecule has 32 heavy (non-hydrogen) atoms. The Balaban J connectivity index is 1.55. The molecule has 0 amide bonds. The van der Waals surface area contributed by atoms with Gasteiger partial charge in [-0.05, 0) is 31.5 Å². The highest BCUT2D eigenvalue weighted by Gasteiger charge is 2.40. The first kappa shape index (κ1) is 21.7. The van der Waals surface area contributed by atoms with Crippen LogP contribution in [0.2, 0.25) is 0 Å². The van der Waals surface area contributed by atoms with E-state index in [0.717, 1.165) is 23.4 Å². The third kappa shape index (κ3) is 4.41. The van der Waals surface area contributed by atoms with Crippen LogP contribution in [0.5, 0.6) is 0 Å². The fourth-order valence-electron chi connectivity index (χ4n) is 3.49. The summed E-state index contributed by atoms with van der Waals surface area (Å²) in [6.07, 6.45) is 3.52. The van der Waals surface area contributed by atoms with Gasteiger partial charge in [0.25, 0.3) is 0 Å². The Morgan fingerprint density at radius 1 is 1.19 bits per heavy atom. The molecular weight excluding hydrogens is 418 g/mol. The molecule has 0 aliphatic carbocycles. The Labute approximate surface area is 183 Å². The van der Waals surface area contributed by atoms with Gasteiger partial charge in [-0.2, -0.15) is 5.10 Å². The summed E-state index contributed by atoms with van der Waals surface area (Å²) in [6, 6.07) is 10.8. The highest BCUT2D eigenvalue weighted by molar-refractivity contribution is 5.39.